The van der Waals surface area contributed by atoms with Crippen molar-refractivity contribution in [1.82, 2.24) is 0 Å². The van der Waals surface area contributed by atoms with Crippen molar-refractivity contribution < 1.29 is 4.39 Å². The van der Waals surface area contributed by atoms with Crippen LogP contribution >= 0.6 is 11.8 Å². The van der Waals surface area contributed by atoms with Gasteiger partial charge >= 0.3 is 0 Å². The molecular formula is C17H16FN3S. The van der Waals surface area contributed by atoms with Crippen LogP contribution in [0.1, 0.15) is 18.1 Å². The first kappa shape index (κ1) is 14.7. The van der Waals surface area contributed by atoms with Crippen LogP contribution in [0.2, 0.25) is 0 Å². The summed E-state index contributed by atoms with van der Waals surface area (Å²) in [6.07, 6.45) is 1.93. The Labute approximate surface area is 132 Å². The van der Waals surface area contributed by atoms with E-state index in [-0.39, 0.29) is 5.82 Å². The fraction of sp³-hybridized carbons (Fsp3) is 0.118. The van der Waals surface area contributed by atoms with E-state index in [1.807, 2.05) is 43.3 Å². The van der Waals surface area contributed by atoms with Gasteiger partial charge in [-0.15, -0.1) is 0 Å². The van der Waals surface area contributed by atoms with E-state index in [4.69, 9.17) is 11.5 Å². The van der Waals surface area contributed by atoms with Crippen LogP contribution in [0.3, 0.4) is 0 Å². The van der Waals surface area contributed by atoms with Crippen LogP contribution < -0.4 is 11.5 Å². The van der Waals surface area contributed by atoms with E-state index in [1.165, 1.54) is 23.9 Å². The first-order chi connectivity index (χ1) is 10.5. The maximum atomic E-state index is 14.3. The van der Waals surface area contributed by atoms with Crippen molar-refractivity contribution in [3.05, 3.63) is 71.6 Å². The zero-order valence-electron chi connectivity index (χ0n) is 12.1. The van der Waals surface area contributed by atoms with Gasteiger partial charge in [0.2, 0.25) is 0 Å². The molecule has 0 aliphatic carbocycles. The van der Waals surface area contributed by atoms with Gasteiger partial charge in [0.25, 0.3) is 0 Å². The average molecular weight is 313 g/mol. The van der Waals surface area contributed by atoms with Crippen LogP contribution in [-0.4, -0.2) is 5.17 Å². The SMILES string of the molecule is CC1(c2cc(N)ccc2F)C=C(c2ccccc2)SC(N)=N1. The average Bonchev–Trinajstić information content (AvgIpc) is 2.49. The van der Waals surface area contributed by atoms with E-state index in [2.05, 4.69) is 4.99 Å². The van der Waals surface area contributed by atoms with Gasteiger partial charge in [-0.05, 0) is 36.8 Å². The van der Waals surface area contributed by atoms with E-state index in [0.717, 1.165) is 10.5 Å². The Hall–Kier alpha value is -2.27. The van der Waals surface area contributed by atoms with Crippen molar-refractivity contribution in [2.75, 3.05) is 5.73 Å². The number of hydrogen-bond acceptors (Lipinski definition) is 4. The topological polar surface area (TPSA) is 64.4 Å². The van der Waals surface area contributed by atoms with Crippen molar-refractivity contribution in [2.24, 2.45) is 10.7 Å². The summed E-state index contributed by atoms with van der Waals surface area (Å²) < 4.78 is 14.3. The van der Waals surface area contributed by atoms with Crippen LogP contribution in [0.25, 0.3) is 4.91 Å². The molecule has 0 saturated carbocycles. The molecule has 1 aliphatic heterocycles. The third kappa shape index (κ3) is 2.72. The molecule has 0 fully saturated rings. The lowest BCUT2D eigenvalue weighted by molar-refractivity contribution is 0.547. The van der Waals surface area contributed by atoms with Crippen molar-refractivity contribution in [3.8, 4) is 0 Å². The van der Waals surface area contributed by atoms with E-state index in [9.17, 15) is 4.39 Å². The highest BCUT2D eigenvalue weighted by molar-refractivity contribution is 8.21. The molecule has 1 atom stereocenters. The Morgan fingerprint density at radius 1 is 1.09 bits per heavy atom. The molecule has 2 aromatic rings. The number of nitrogens with zero attached hydrogens (tertiary/aromatic N) is 1. The van der Waals surface area contributed by atoms with Crippen LogP contribution in [0.5, 0.6) is 0 Å². The Bertz CT molecular complexity index is 771. The molecule has 0 aromatic heterocycles. The molecule has 0 saturated heterocycles. The molecule has 1 aliphatic rings. The molecule has 3 nitrogen and oxygen atoms in total. The minimum Gasteiger partial charge on any atom is -0.399 e. The maximum absolute atomic E-state index is 14.3. The third-order valence-electron chi connectivity index (χ3n) is 3.56. The van der Waals surface area contributed by atoms with E-state index >= 15 is 0 Å². The molecular weight excluding hydrogens is 297 g/mol. The number of halogens is 1. The van der Waals surface area contributed by atoms with E-state index in [0.29, 0.717) is 16.4 Å². The van der Waals surface area contributed by atoms with Crippen LogP contribution in [-0.2, 0) is 5.54 Å². The predicted octanol–water partition coefficient (Wildman–Crippen LogP) is 3.73. The molecule has 112 valence electrons. The number of nitrogens with two attached hydrogens (primary N) is 2. The lowest BCUT2D eigenvalue weighted by Gasteiger charge is -2.28. The first-order valence-electron chi connectivity index (χ1n) is 6.85. The summed E-state index contributed by atoms with van der Waals surface area (Å²) in [5, 5.41) is 0.408. The van der Waals surface area contributed by atoms with Gasteiger partial charge in [0.05, 0.1) is 0 Å². The minimum absolute atomic E-state index is 0.344. The second kappa shape index (κ2) is 5.50. The van der Waals surface area contributed by atoms with Gasteiger partial charge in [0, 0.05) is 16.2 Å². The van der Waals surface area contributed by atoms with Crippen LogP contribution in [0.15, 0.2) is 59.6 Å². The molecule has 2 aromatic carbocycles. The minimum atomic E-state index is -0.875. The molecule has 0 radical (unpaired) electrons. The lowest BCUT2D eigenvalue weighted by Crippen LogP contribution is -2.26. The van der Waals surface area contributed by atoms with Gasteiger partial charge < -0.3 is 11.5 Å². The number of rotatable bonds is 2. The summed E-state index contributed by atoms with van der Waals surface area (Å²) in [7, 11) is 0. The second-order valence-electron chi connectivity index (χ2n) is 5.31. The van der Waals surface area contributed by atoms with Gasteiger partial charge in [-0.2, -0.15) is 0 Å². The first-order valence-corrected chi connectivity index (χ1v) is 7.66. The summed E-state index contributed by atoms with van der Waals surface area (Å²) in [6.45, 7) is 1.83. The number of amidine groups is 1. The van der Waals surface area contributed by atoms with Crippen molar-refractivity contribution in [2.45, 2.75) is 12.5 Å². The molecule has 4 N–H and O–H groups in total. The number of nitrogen functional groups attached to an aromatic ring is 1. The number of thioether (sulfide) groups is 1. The molecule has 5 heteroatoms. The largest absolute Gasteiger partial charge is 0.399 e. The number of hydrogen-bond donors (Lipinski definition) is 2. The van der Waals surface area contributed by atoms with Crippen molar-refractivity contribution >= 4 is 27.5 Å². The van der Waals surface area contributed by atoms with Gasteiger partial charge in [0.15, 0.2) is 5.17 Å². The fourth-order valence-corrected chi connectivity index (χ4v) is 3.50. The van der Waals surface area contributed by atoms with Crippen molar-refractivity contribution in [1.29, 1.82) is 0 Å². The molecule has 22 heavy (non-hydrogen) atoms. The monoisotopic (exact) mass is 313 g/mol. The van der Waals surface area contributed by atoms with Crippen LogP contribution in [0, 0.1) is 5.82 Å². The van der Waals surface area contributed by atoms with Gasteiger partial charge in [0.1, 0.15) is 11.4 Å². The van der Waals surface area contributed by atoms with Gasteiger partial charge in [-0.3, -0.25) is 0 Å². The fourth-order valence-electron chi connectivity index (χ4n) is 2.49. The molecule has 1 unspecified atom stereocenters. The van der Waals surface area contributed by atoms with E-state index in [1.54, 1.807) is 6.07 Å². The summed E-state index contributed by atoms with van der Waals surface area (Å²) in [5.41, 5.74) is 12.9. The Balaban J connectivity index is 2.13. The zero-order valence-corrected chi connectivity index (χ0v) is 12.9. The van der Waals surface area contributed by atoms with Crippen molar-refractivity contribution in [3.63, 3.8) is 0 Å². The number of anilines is 1. The molecule has 0 amide bonds. The summed E-state index contributed by atoms with van der Waals surface area (Å²) >= 11 is 1.38. The molecule has 0 spiro atoms. The number of benzene rings is 2. The predicted molar refractivity (Wildman–Crippen MR) is 91.8 cm³/mol. The van der Waals surface area contributed by atoms with E-state index < -0.39 is 5.54 Å². The Morgan fingerprint density at radius 3 is 2.55 bits per heavy atom. The second-order valence-corrected chi connectivity index (χ2v) is 6.38. The van der Waals surface area contributed by atoms with Crippen LogP contribution in [0.4, 0.5) is 10.1 Å². The number of aliphatic imine (C=N–C) groups is 1. The van der Waals surface area contributed by atoms with Gasteiger partial charge in [-0.1, -0.05) is 42.1 Å². The highest BCUT2D eigenvalue weighted by Gasteiger charge is 2.31. The molecule has 1 heterocycles. The highest BCUT2D eigenvalue weighted by atomic mass is 32.2. The normalized spacial score (nSPS) is 21.2. The molecule has 3 rings (SSSR count). The Kier molecular flexibility index (Phi) is 3.66. The Morgan fingerprint density at radius 2 is 1.82 bits per heavy atom. The highest BCUT2D eigenvalue weighted by Crippen LogP contribution is 2.41. The summed E-state index contributed by atoms with van der Waals surface area (Å²) in [5.74, 6) is -0.344. The standard InChI is InChI=1S/C17H16FN3S/c1-17(13-9-12(19)7-8-14(13)18)10-15(22-16(20)21-17)11-5-3-2-4-6-11/h2-10H,19H2,1H3,(H2,20,21). The smallest absolute Gasteiger partial charge is 0.160 e. The van der Waals surface area contributed by atoms with Gasteiger partial charge in [-0.25, -0.2) is 9.38 Å². The maximum Gasteiger partial charge on any atom is 0.160 e. The lowest BCUT2D eigenvalue weighted by atomic mass is 9.90. The summed E-state index contributed by atoms with van der Waals surface area (Å²) in [4.78, 5) is 5.40. The zero-order chi connectivity index (χ0) is 15.7. The molecule has 0 bridgehead atoms. The third-order valence-corrected chi connectivity index (χ3v) is 4.44. The quantitative estimate of drug-likeness (QED) is 0.830. The summed E-state index contributed by atoms with van der Waals surface area (Å²) in [6, 6.07) is 14.4.